The molecule has 1 amide bonds. The fraction of sp³-hybridized carbons (Fsp3) is 0.143. The summed E-state index contributed by atoms with van der Waals surface area (Å²) in [6, 6.07) is 7.72. The molecular weight excluding hydrogens is 281 g/mol. The van der Waals surface area contributed by atoms with Crippen molar-refractivity contribution in [1.82, 2.24) is 4.98 Å². The van der Waals surface area contributed by atoms with Crippen LogP contribution in [0.1, 0.15) is 10.4 Å². The zero-order valence-corrected chi connectivity index (χ0v) is 11.8. The van der Waals surface area contributed by atoms with Gasteiger partial charge in [0, 0.05) is 31.9 Å². The Hall–Kier alpha value is -2.14. The summed E-state index contributed by atoms with van der Waals surface area (Å²) >= 11 is 6.12. The van der Waals surface area contributed by atoms with E-state index >= 15 is 0 Å². The Morgan fingerprint density at radius 3 is 2.75 bits per heavy atom. The third-order valence-electron chi connectivity index (χ3n) is 2.67. The van der Waals surface area contributed by atoms with Gasteiger partial charge in [-0.15, -0.1) is 0 Å². The second kappa shape index (κ2) is 5.88. The van der Waals surface area contributed by atoms with Gasteiger partial charge in [-0.1, -0.05) is 17.7 Å². The molecule has 0 atom stereocenters. The van der Waals surface area contributed by atoms with Crippen molar-refractivity contribution in [3.8, 4) is 0 Å². The Bertz CT molecular complexity index is 646. The Morgan fingerprint density at radius 2 is 2.10 bits per heavy atom. The Labute approximate surface area is 121 Å². The topological polar surface area (TPSA) is 45.2 Å². The molecule has 0 bridgehead atoms. The Kier molecular flexibility index (Phi) is 4.20. The van der Waals surface area contributed by atoms with Crippen molar-refractivity contribution in [2.24, 2.45) is 0 Å². The van der Waals surface area contributed by atoms with Crippen molar-refractivity contribution in [2.45, 2.75) is 0 Å². The van der Waals surface area contributed by atoms with Gasteiger partial charge in [0.15, 0.2) is 0 Å². The van der Waals surface area contributed by atoms with Crippen molar-refractivity contribution < 1.29 is 9.18 Å². The molecule has 104 valence electrons. The molecule has 0 radical (unpaired) electrons. The van der Waals surface area contributed by atoms with E-state index < -0.39 is 11.9 Å². The molecule has 0 aliphatic carbocycles. The molecule has 6 heteroatoms. The fourth-order valence-electron chi connectivity index (χ4n) is 1.81. The minimum atomic E-state index is -0.698. The third kappa shape index (κ3) is 3.05. The molecule has 1 aromatic heterocycles. The summed E-state index contributed by atoms with van der Waals surface area (Å²) in [4.78, 5) is 17.3. The summed E-state index contributed by atoms with van der Waals surface area (Å²) in [6.07, 6.45) is 1.25. The van der Waals surface area contributed by atoms with Crippen LogP contribution >= 0.6 is 11.6 Å². The first-order valence-corrected chi connectivity index (χ1v) is 6.25. The molecule has 0 aliphatic rings. The minimum absolute atomic E-state index is 0.196. The second-order valence-electron chi connectivity index (χ2n) is 4.35. The first kappa shape index (κ1) is 14.3. The van der Waals surface area contributed by atoms with Crippen LogP contribution in [0, 0.1) is 5.95 Å². The number of carbonyl (C=O) groups is 1. The van der Waals surface area contributed by atoms with Gasteiger partial charge in [0.25, 0.3) is 5.91 Å². The van der Waals surface area contributed by atoms with Gasteiger partial charge in [-0.05, 0) is 18.2 Å². The summed E-state index contributed by atoms with van der Waals surface area (Å²) in [7, 11) is 3.64. The summed E-state index contributed by atoms with van der Waals surface area (Å²) < 4.78 is 13.0. The molecule has 1 aromatic carbocycles. The maximum absolute atomic E-state index is 13.0. The number of amides is 1. The number of hydrogen-bond acceptors (Lipinski definition) is 3. The first-order chi connectivity index (χ1) is 9.49. The van der Waals surface area contributed by atoms with Crippen molar-refractivity contribution >= 4 is 28.9 Å². The molecule has 4 nitrogen and oxygen atoms in total. The molecule has 0 saturated carbocycles. The molecular formula is C14H13ClFN3O. The molecule has 20 heavy (non-hydrogen) atoms. The molecule has 0 saturated heterocycles. The lowest BCUT2D eigenvalue weighted by atomic mass is 10.2. The number of aromatic nitrogens is 1. The van der Waals surface area contributed by atoms with E-state index in [0.717, 1.165) is 6.07 Å². The van der Waals surface area contributed by atoms with Crippen LogP contribution in [0.25, 0.3) is 0 Å². The number of carbonyl (C=O) groups excluding carboxylic acids is 1. The maximum atomic E-state index is 13.0. The zero-order chi connectivity index (χ0) is 14.7. The van der Waals surface area contributed by atoms with Gasteiger partial charge in [-0.25, -0.2) is 4.98 Å². The van der Waals surface area contributed by atoms with Gasteiger partial charge in [-0.2, -0.15) is 4.39 Å². The van der Waals surface area contributed by atoms with E-state index in [1.807, 2.05) is 14.1 Å². The highest BCUT2D eigenvalue weighted by atomic mass is 35.5. The summed E-state index contributed by atoms with van der Waals surface area (Å²) in [5, 5.41) is 3.24. The number of nitrogens with zero attached hydrogens (tertiary/aromatic N) is 2. The summed E-state index contributed by atoms with van der Waals surface area (Å²) in [6.45, 7) is 0. The zero-order valence-electron chi connectivity index (χ0n) is 11.0. The smallest absolute Gasteiger partial charge is 0.255 e. The maximum Gasteiger partial charge on any atom is 0.255 e. The number of pyridine rings is 1. The lowest BCUT2D eigenvalue weighted by Gasteiger charge is -2.19. The lowest BCUT2D eigenvalue weighted by Crippen LogP contribution is -2.17. The monoisotopic (exact) mass is 293 g/mol. The van der Waals surface area contributed by atoms with Gasteiger partial charge >= 0.3 is 0 Å². The van der Waals surface area contributed by atoms with Gasteiger partial charge in [0.05, 0.1) is 16.4 Å². The number of nitrogens with one attached hydrogen (secondary N) is 1. The van der Waals surface area contributed by atoms with Crippen LogP contribution in [0.4, 0.5) is 15.8 Å². The highest BCUT2D eigenvalue weighted by Gasteiger charge is 2.13. The van der Waals surface area contributed by atoms with Gasteiger partial charge < -0.3 is 10.2 Å². The minimum Gasteiger partial charge on any atom is -0.375 e. The van der Waals surface area contributed by atoms with Crippen molar-refractivity contribution in [3.05, 3.63) is 53.1 Å². The number of anilines is 2. The fourth-order valence-corrected chi connectivity index (χ4v) is 2.15. The number of para-hydroxylation sites is 1. The first-order valence-electron chi connectivity index (χ1n) is 5.88. The van der Waals surface area contributed by atoms with E-state index in [4.69, 9.17) is 11.6 Å². The van der Waals surface area contributed by atoms with Crippen LogP contribution in [-0.4, -0.2) is 25.0 Å². The largest absolute Gasteiger partial charge is 0.375 e. The lowest BCUT2D eigenvalue weighted by molar-refractivity contribution is 0.102. The number of hydrogen-bond donors (Lipinski definition) is 1. The highest BCUT2D eigenvalue weighted by molar-refractivity contribution is 6.34. The summed E-state index contributed by atoms with van der Waals surface area (Å²) in [5.41, 5.74) is 1.45. The quantitative estimate of drug-likeness (QED) is 0.884. The van der Waals surface area contributed by atoms with Crippen LogP contribution in [0.15, 0.2) is 36.5 Å². The Balaban J connectivity index is 2.31. The molecule has 1 heterocycles. The molecule has 2 aromatic rings. The summed E-state index contributed by atoms with van der Waals surface area (Å²) in [5.74, 6) is -1.12. The van der Waals surface area contributed by atoms with Gasteiger partial charge in [-0.3, -0.25) is 4.79 Å². The molecule has 2 rings (SSSR count). The van der Waals surface area contributed by atoms with Gasteiger partial charge in [0.1, 0.15) is 0 Å². The SMILES string of the molecule is CN(C)c1c(Cl)cccc1NC(=O)c1ccnc(F)c1. The van der Waals surface area contributed by atoms with E-state index in [9.17, 15) is 9.18 Å². The standard InChI is InChI=1S/C14H13ClFN3O/c1-19(2)13-10(15)4-3-5-11(13)18-14(20)9-6-7-17-12(16)8-9/h3-8H,1-2H3,(H,18,20). The molecule has 0 fully saturated rings. The molecule has 1 N–H and O–H groups in total. The normalized spacial score (nSPS) is 10.2. The number of rotatable bonds is 3. The van der Waals surface area contributed by atoms with E-state index in [1.54, 1.807) is 23.1 Å². The van der Waals surface area contributed by atoms with Crippen molar-refractivity contribution in [2.75, 3.05) is 24.3 Å². The molecule has 0 aliphatic heterocycles. The van der Waals surface area contributed by atoms with E-state index in [0.29, 0.717) is 16.4 Å². The predicted molar refractivity (Wildman–Crippen MR) is 77.9 cm³/mol. The van der Waals surface area contributed by atoms with Crippen molar-refractivity contribution in [1.29, 1.82) is 0 Å². The Morgan fingerprint density at radius 1 is 1.35 bits per heavy atom. The number of benzene rings is 1. The molecule has 0 unspecified atom stereocenters. The van der Waals surface area contributed by atoms with Crippen LogP contribution in [-0.2, 0) is 0 Å². The van der Waals surface area contributed by atoms with Crippen LogP contribution < -0.4 is 10.2 Å². The van der Waals surface area contributed by atoms with Crippen LogP contribution in [0.2, 0.25) is 5.02 Å². The van der Waals surface area contributed by atoms with E-state index in [2.05, 4.69) is 10.3 Å². The highest BCUT2D eigenvalue weighted by Crippen LogP contribution is 2.32. The van der Waals surface area contributed by atoms with Gasteiger partial charge in [0.2, 0.25) is 5.95 Å². The average Bonchev–Trinajstić information content (AvgIpc) is 2.38. The predicted octanol–water partition coefficient (Wildman–Crippen LogP) is 3.19. The van der Waals surface area contributed by atoms with Crippen LogP contribution in [0.3, 0.4) is 0 Å². The number of halogens is 2. The van der Waals surface area contributed by atoms with E-state index in [-0.39, 0.29) is 5.56 Å². The second-order valence-corrected chi connectivity index (χ2v) is 4.76. The third-order valence-corrected chi connectivity index (χ3v) is 2.98. The van der Waals surface area contributed by atoms with Crippen LogP contribution in [0.5, 0.6) is 0 Å². The van der Waals surface area contributed by atoms with E-state index in [1.165, 1.54) is 12.3 Å². The average molecular weight is 294 g/mol. The van der Waals surface area contributed by atoms with Crippen molar-refractivity contribution in [3.63, 3.8) is 0 Å². The molecule has 0 spiro atoms.